The minimum Gasteiger partial charge on any atom is -0.431 e. The molecule has 2 aromatic heterocycles. The van der Waals surface area contributed by atoms with Crippen LogP contribution in [0.1, 0.15) is 0 Å². The molecule has 64 valence electrons. The van der Waals surface area contributed by atoms with E-state index >= 15 is 0 Å². The monoisotopic (exact) mass is 173 g/mol. The molecule has 0 aliphatic rings. The highest BCUT2D eigenvalue weighted by Crippen LogP contribution is 2.12. The van der Waals surface area contributed by atoms with Gasteiger partial charge in [0.2, 0.25) is 0 Å². The van der Waals surface area contributed by atoms with Crippen LogP contribution in [-0.2, 0) is 0 Å². The van der Waals surface area contributed by atoms with Crippen LogP contribution < -0.4 is 5.63 Å². The molecule has 3 nitrogen and oxygen atoms in total. The van der Waals surface area contributed by atoms with Crippen molar-refractivity contribution >= 4 is 0 Å². The Labute approximate surface area is 74.7 Å². The second-order valence-corrected chi connectivity index (χ2v) is 2.55. The normalized spacial score (nSPS) is 9.85. The van der Waals surface area contributed by atoms with Crippen LogP contribution in [0, 0.1) is 0 Å². The van der Waals surface area contributed by atoms with Crippen molar-refractivity contribution in [1.29, 1.82) is 0 Å². The predicted octanol–water partition coefficient (Wildman–Crippen LogP) is 1.70. The quantitative estimate of drug-likeness (QED) is 0.659. The smallest absolute Gasteiger partial charge is 0.343 e. The minimum atomic E-state index is -0.325. The summed E-state index contributed by atoms with van der Waals surface area (Å²) in [6.07, 6.45) is 4.65. The lowest BCUT2D eigenvalue weighted by molar-refractivity contribution is 0.513. The number of aromatic nitrogens is 1. The Bertz CT molecular complexity index is 448. The van der Waals surface area contributed by atoms with Gasteiger partial charge in [0.1, 0.15) is 0 Å². The third-order valence-corrected chi connectivity index (χ3v) is 1.73. The summed E-state index contributed by atoms with van der Waals surface area (Å²) in [7, 11) is 0. The van der Waals surface area contributed by atoms with Gasteiger partial charge < -0.3 is 4.42 Å². The summed E-state index contributed by atoms with van der Waals surface area (Å²) in [5.74, 6) is 0. The maximum atomic E-state index is 11.2. The largest absolute Gasteiger partial charge is 0.431 e. The van der Waals surface area contributed by atoms with Gasteiger partial charge in [-0.15, -0.1) is 0 Å². The van der Waals surface area contributed by atoms with Gasteiger partial charge in [0.25, 0.3) is 0 Å². The molecule has 0 fully saturated rings. The molecule has 0 amide bonds. The summed E-state index contributed by atoms with van der Waals surface area (Å²) in [6, 6.07) is 6.96. The van der Waals surface area contributed by atoms with Gasteiger partial charge in [-0.1, -0.05) is 0 Å². The molecule has 0 radical (unpaired) electrons. The van der Waals surface area contributed by atoms with Crippen LogP contribution in [0.5, 0.6) is 0 Å². The van der Waals surface area contributed by atoms with Crippen molar-refractivity contribution in [1.82, 2.24) is 4.98 Å². The number of hydrogen-bond acceptors (Lipinski definition) is 3. The third-order valence-electron chi connectivity index (χ3n) is 1.73. The molecule has 2 aromatic rings. The van der Waals surface area contributed by atoms with Crippen LogP contribution in [0.3, 0.4) is 0 Å². The molecule has 0 N–H and O–H groups in total. The summed E-state index contributed by atoms with van der Waals surface area (Å²) in [5.41, 5.74) is 1.06. The first kappa shape index (κ1) is 7.73. The highest BCUT2D eigenvalue weighted by atomic mass is 16.4. The third kappa shape index (κ3) is 1.49. The van der Waals surface area contributed by atoms with Gasteiger partial charge in [-0.25, -0.2) is 4.79 Å². The van der Waals surface area contributed by atoms with E-state index in [-0.39, 0.29) is 5.63 Å². The first-order chi connectivity index (χ1) is 6.38. The molecule has 0 aliphatic heterocycles. The van der Waals surface area contributed by atoms with Crippen molar-refractivity contribution in [3.63, 3.8) is 0 Å². The molecule has 0 aliphatic carbocycles. The molecule has 3 heteroatoms. The first-order valence-corrected chi connectivity index (χ1v) is 3.86. The van der Waals surface area contributed by atoms with Gasteiger partial charge >= 0.3 is 5.63 Å². The summed E-state index contributed by atoms with van der Waals surface area (Å²) in [5, 5.41) is 0. The molecule has 0 atom stereocenters. The number of nitrogens with zero attached hydrogens (tertiary/aromatic N) is 1. The van der Waals surface area contributed by atoms with Crippen LogP contribution in [-0.4, -0.2) is 4.98 Å². The van der Waals surface area contributed by atoms with Crippen LogP contribution in [0.4, 0.5) is 0 Å². The van der Waals surface area contributed by atoms with Crippen molar-refractivity contribution in [2.24, 2.45) is 0 Å². The zero-order valence-corrected chi connectivity index (χ0v) is 6.81. The lowest BCUT2D eigenvalue weighted by Crippen LogP contribution is -2.00. The van der Waals surface area contributed by atoms with Crippen molar-refractivity contribution in [2.45, 2.75) is 0 Å². The molecule has 2 rings (SSSR count). The maximum absolute atomic E-state index is 11.2. The van der Waals surface area contributed by atoms with E-state index in [1.54, 1.807) is 36.7 Å². The van der Waals surface area contributed by atoms with E-state index in [1.165, 1.54) is 6.26 Å². The number of rotatable bonds is 1. The second-order valence-electron chi connectivity index (χ2n) is 2.55. The van der Waals surface area contributed by atoms with Gasteiger partial charge in [-0.3, -0.25) is 4.98 Å². The second kappa shape index (κ2) is 3.23. The lowest BCUT2D eigenvalue weighted by atomic mass is 10.1. The van der Waals surface area contributed by atoms with Crippen molar-refractivity contribution in [3.8, 4) is 11.1 Å². The van der Waals surface area contributed by atoms with Crippen LogP contribution in [0.2, 0.25) is 0 Å². The molecular weight excluding hydrogens is 166 g/mol. The first-order valence-electron chi connectivity index (χ1n) is 3.86. The highest BCUT2D eigenvalue weighted by molar-refractivity contribution is 5.60. The molecule has 0 saturated heterocycles. The molecule has 13 heavy (non-hydrogen) atoms. The minimum absolute atomic E-state index is 0.325. The fraction of sp³-hybridized carbons (Fsp3) is 0. The lowest BCUT2D eigenvalue weighted by Gasteiger charge is -1.96. The topological polar surface area (TPSA) is 43.1 Å². The Kier molecular flexibility index (Phi) is 1.92. The Morgan fingerprint density at radius 2 is 1.92 bits per heavy atom. The van der Waals surface area contributed by atoms with Gasteiger partial charge in [0.05, 0.1) is 11.8 Å². The SMILES string of the molecule is O=c1occcc1-c1ccncc1. The van der Waals surface area contributed by atoms with Gasteiger partial charge in [0, 0.05) is 12.4 Å². The van der Waals surface area contributed by atoms with Gasteiger partial charge in [0.15, 0.2) is 0 Å². The molecule has 2 heterocycles. The fourth-order valence-electron chi connectivity index (χ4n) is 1.11. The molecule has 0 aromatic carbocycles. The van der Waals surface area contributed by atoms with Crippen molar-refractivity contribution < 1.29 is 4.42 Å². The molecule has 0 unspecified atom stereocenters. The summed E-state index contributed by atoms with van der Waals surface area (Å²) >= 11 is 0. The van der Waals surface area contributed by atoms with Crippen LogP contribution in [0.25, 0.3) is 11.1 Å². The van der Waals surface area contributed by atoms with E-state index in [0.717, 1.165) is 5.56 Å². The standard InChI is InChI=1S/C10H7NO2/c12-10-9(2-1-7-13-10)8-3-5-11-6-4-8/h1-7H. The maximum Gasteiger partial charge on any atom is 0.343 e. The van der Waals surface area contributed by atoms with Gasteiger partial charge in [-0.2, -0.15) is 0 Å². The predicted molar refractivity (Wildman–Crippen MR) is 48.2 cm³/mol. The Morgan fingerprint density at radius 1 is 1.15 bits per heavy atom. The summed E-state index contributed by atoms with van der Waals surface area (Å²) in [4.78, 5) is 15.1. The van der Waals surface area contributed by atoms with Gasteiger partial charge in [-0.05, 0) is 29.8 Å². The van der Waals surface area contributed by atoms with Crippen LogP contribution >= 0.6 is 0 Å². The Balaban J connectivity index is 2.60. The molecular formula is C10H7NO2. The average molecular weight is 173 g/mol. The zero-order chi connectivity index (χ0) is 9.10. The fourth-order valence-corrected chi connectivity index (χ4v) is 1.11. The molecule has 0 bridgehead atoms. The van der Waals surface area contributed by atoms with Crippen molar-refractivity contribution in [3.05, 3.63) is 53.3 Å². The van der Waals surface area contributed by atoms with E-state index in [9.17, 15) is 4.79 Å². The Morgan fingerprint density at radius 3 is 2.62 bits per heavy atom. The van der Waals surface area contributed by atoms with Crippen molar-refractivity contribution in [2.75, 3.05) is 0 Å². The van der Waals surface area contributed by atoms with Crippen LogP contribution in [0.15, 0.2) is 52.1 Å². The summed E-state index contributed by atoms with van der Waals surface area (Å²) in [6.45, 7) is 0. The zero-order valence-electron chi connectivity index (χ0n) is 6.81. The number of pyridine rings is 1. The molecule has 0 spiro atoms. The summed E-state index contributed by atoms with van der Waals surface area (Å²) < 4.78 is 4.74. The van der Waals surface area contributed by atoms with E-state index in [0.29, 0.717) is 5.56 Å². The molecule has 0 saturated carbocycles. The van der Waals surface area contributed by atoms with E-state index in [2.05, 4.69) is 4.98 Å². The van der Waals surface area contributed by atoms with E-state index in [4.69, 9.17) is 4.42 Å². The van der Waals surface area contributed by atoms with E-state index < -0.39 is 0 Å². The average Bonchev–Trinajstić information content (AvgIpc) is 2.20. The highest BCUT2D eigenvalue weighted by Gasteiger charge is 2.01. The number of hydrogen-bond donors (Lipinski definition) is 0. The Hall–Kier alpha value is -1.90. The van der Waals surface area contributed by atoms with E-state index in [1.807, 2.05) is 0 Å².